The molecule has 0 rings (SSSR count). The third-order valence-corrected chi connectivity index (χ3v) is 15.4. The molecule has 0 saturated heterocycles. The Balaban J connectivity index is -0.000000471. The fourth-order valence-corrected chi connectivity index (χ4v) is 4.18. The van der Waals surface area contributed by atoms with Gasteiger partial charge in [0.25, 0.3) is 0 Å². The van der Waals surface area contributed by atoms with Crippen molar-refractivity contribution in [3.63, 3.8) is 0 Å². The Labute approximate surface area is 193 Å². The fraction of sp³-hybridized carbons (Fsp3) is 0.920. The molecular weight excluding hydrogens is 404 g/mol. The van der Waals surface area contributed by atoms with Crippen LogP contribution >= 0.6 is 0 Å². The van der Waals surface area contributed by atoms with Gasteiger partial charge in [-0.1, -0.05) is 61.1 Å². The van der Waals surface area contributed by atoms with E-state index in [0.717, 1.165) is 32.5 Å². The Bertz CT molecular complexity index is 419. The molecule has 0 aliphatic rings. The number of unbranched alkanes of at least 4 members (excludes halogenated alkanes) is 4. The van der Waals surface area contributed by atoms with Gasteiger partial charge in [-0.05, 0) is 81.7 Å². The van der Waals surface area contributed by atoms with E-state index in [1.807, 2.05) is 0 Å². The van der Waals surface area contributed by atoms with Crippen LogP contribution in [-0.2, 0) is 8.85 Å². The molecule has 3 nitrogen and oxygen atoms in total. The van der Waals surface area contributed by atoms with Crippen LogP contribution in [0.3, 0.4) is 0 Å². The standard InChI is InChI=1S/C13H28OSi.C11H26O2Si.CH4/c1-7-8-9-10-11-12-14-15(5,6)13(2,3)4;1-11(2,3)14(4,5)13-10-8-6-7-9-12;/h7-8H,9-12H2,1-6H3;12H,6-10H2,1-5H3;1H4/b8-7+;;. The third kappa shape index (κ3) is 16.7. The first-order valence-electron chi connectivity index (χ1n) is 11.6. The second kappa shape index (κ2) is 16.7. The summed E-state index contributed by atoms with van der Waals surface area (Å²) >= 11 is 0. The molecule has 0 bridgehead atoms. The van der Waals surface area contributed by atoms with Gasteiger partial charge in [-0.25, -0.2) is 0 Å². The highest BCUT2D eigenvalue weighted by Crippen LogP contribution is 2.37. The largest absolute Gasteiger partial charge is 0.417 e. The lowest BCUT2D eigenvalue weighted by molar-refractivity contribution is 0.255. The van der Waals surface area contributed by atoms with Crippen molar-refractivity contribution in [3.8, 4) is 0 Å². The van der Waals surface area contributed by atoms with Crippen molar-refractivity contribution in [2.24, 2.45) is 0 Å². The molecule has 0 heterocycles. The van der Waals surface area contributed by atoms with E-state index in [-0.39, 0.29) is 7.43 Å². The van der Waals surface area contributed by atoms with Crippen LogP contribution in [0.15, 0.2) is 12.2 Å². The average Bonchev–Trinajstić information content (AvgIpc) is 2.56. The summed E-state index contributed by atoms with van der Waals surface area (Å²) in [6, 6.07) is 0. The zero-order chi connectivity index (χ0) is 23.2. The predicted molar refractivity (Wildman–Crippen MR) is 143 cm³/mol. The van der Waals surface area contributed by atoms with Crippen LogP contribution in [0.4, 0.5) is 0 Å². The van der Waals surface area contributed by atoms with Gasteiger partial charge in [-0.3, -0.25) is 0 Å². The van der Waals surface area contributed by atoms with Crippen LogP contribution in [-0.4, -0.2) is 41.6 Å². The maximum absolute atomic E-state index is 8.62. The van der Waals surface area contributed by atoms with Gasteiger partial charge in [0, 0.05) is 19.8 Å². The molecule has 0 spiro atoms. The van der Waals surface area contributed by atoms with Crippen molar-refractivity contribution in [3.05, 3.63) is 12.2 Å². The summed E-state index contributed by atoms with van der Waals surface area (Å²) in [5, 5.41) is 9.28. The molecular formula is C25H58O3Si2. The van der Waals surface area contributed by atoms with Gasteiger partial charge >= 0.3 is 0 Å². The molecule has 0 aliphatic carbocycles. The molecule has 0 aromatic carbocycles. The molecule has 1 N–H and O–H groups in total. The van der Waals surface area contributed by atoms with E-state index < -0.39 is 16.6 Å². The SMILES string of the molecule is C.C/C=C/CCCCO[Si](C)(C)C(C)(C)C.CC(C)(C)[Si](C)(C)OCCCCCO. The van der Waals surface area contributed by atoms with Crippen LogP contribution in [0.5, 0.6) is 0 Å². The zero-order valence-electron chi connectivity index (χ0n) is 21.8. The molecule has 30 heavy (non-hydrogen) atoms. The number of aliphatic hydroxyl groups is 1. The molecule has 0 fully saturated rings. The van der Waals surface area contributed by atoms with Gasteiger partial charge in [-0.2, -0.15) is 0 Å². The van der Waals surface area contributed by atoms with Gasteiger partial charge in [0.1, 0.15) is 0 Å². The molecule has 0 aliphatic heterocycles. The number of hydrogen-bond donors (Lipinski definition) is 1. The number of aliphatic hydroxyl groups excluding tert-OH is 1. The normalized spacial score (nSPS) is 13.1. The minimum atomic E-state index is -1.53. The first-order valence-corrected chi connectivity index (χ1v) is 17.4. The molecule has 0 amide bonds. The summed E-state index contributed by atoms with van der Waals surface area (Å²) in [7, 11) is -3.02. The van der Waals surface area contributed by atoms with Crippen LogP contribution in [0.1, 0.15) is 94.4 Å². The van der Waals surface area contributed by atoms with Crippen LogP contribution in [0.2, 0.25) is 36.3 Å². The Morgan fingerprint density at radius 3 is 1.43 bits per heavy atom. The van der Waals surface area contributed by atoms with Gasteiger partial charge < -0.3 is 14.0 Å². The van der Waals surface area contributed by atoms with Gasteiger partial charge in [0.2, 0.25) is 0 Å². The van der Waals surface area contributed by atoms with E-state index in [2.05, 4.69) is 86.8 Å². The molecule has 0 aromatic heterocycles. The van der Waals surface area contributed by atoms with Crippen LogP contribution in [0.25, 0.3) is 0 Å². The highest BCUT2D eigenvalue weighted by molar-refractivity contribution is 6.74. The van der Waals surface area contributed by atoms with E-state index in [4.69, 9.17) is 14.0 Å². The molecule has 0 radical (unpaired) electrons. The first-order chi connectivity index (χ1) is 13.1. The van der Waals surface area contributed by atoms with Crippen LogP contribution in [0, 0.1) is 0 Å². The molecule has 0 saturated carbocycles. The highest BCUT2D eigenvalue weighted by Gasteiger charge is 2.37. The smallest absolute Gasteiger partial charge is 0.191 e. The van der Waals surface area contributed by atoms with E-state index >= 15 is 0 Å². The first kappa shape index (κ1) is 34.7. The second-order valence-electron chi connectivity index (χ2n) is 11.1. The van der Waals surface area contributed by atoms with Crippen LogP contribution < -0.4 is 0 Å². The molecule has 184 valence electrons. The van der Waals surface area contributed by atoms with Crippen molar-refractivity contribution >= 4 is 16.6 Å². The van der Waals surface area contributed by atoms with Crippen molar-refractivity contribution in [2.45, 2.75) is 131 Å². The highest BCUT2D eigenvalue weighted by atomic mass is 28.4. The summed E-state index contributed by atoms with van der Waals surface area (Å²) < 4.78 is 12.1. The lowest BCUT2D eigenvalue weighted by Crippen LogP contribution is -2.40. The Hall–Kier alpha value is 0.0538. The van der Waals surface area contributed by atoms with Crippen molar-refractivity contribution in [1.29, 1.82) is 0 Å². The van der Waals surface area contributed by atoms with Gasteiger partial charge in [0.05, 0.1) is 0 Å². The summed E-state index contributed by atoms with van der Waals surface area (Å²) in [4.78, 5) is 0. The number of allylic oxidation sites excluding steroid dienone is 2. The number of rotatable bonds is 12. The summed E-state index contributed by atoms with van der Waals surface area (Å²) in [6.45, 7) is 27.0. The van der Waals surface area contributed by atoms with E-state index in [1.54, 1.807) is 0 Å². The second-order valence-corrected chi connectivity index (χ2v) is 20.7. The maximum atomic E-state index is 8.62. The lowest BCUT2D eigenvalue weighted by atomic mass is 10.2. The predicted octanol–water partition coefficient (Wildman–Crippen LogP) is 8.56. The minimum absolute atomic E-state index is 0. The minimum Gasteiger partial charge on any atom is -0.417 e. The molecule has 5 heteroatoms. The topological polar surface area (TPSA) is 38.7 Å². The van der Waals surface area contributed by atoms with E-state index in [1.165, 1.54) is 19.3 Å². The van der Waals surface area contributed by atoms with Crippen molar-refractivity contribution < 1.29 is 14.0 Å². The Morgan fingerprint density at radius 1 is 0.700 bits per heavy atom. The summed E-state index contributed by atoms with van der Waals surface area (Å²) in [6.07, 6.45) is 11.0. The zero-order valence-corrected chi connectivity index (χ0v) is 23.8. The molecule has 0 atom stereocenters. The van der Waals surface area contributed by atoms with E-state index in [9.17, 15) is 0 Å². The Morgan fingerprint density at radius 2 is 1.10 bits per heavy atom. The van der Waals surface area contributed by atoms with E-state index in [0.29, 0.717) is 16.7 Å². The van der Waals surface area contributed by atoms with Gasteiger partial charge in [-0.15, -0.1) is 0 Å². The maximum Gasteiger partial charge on any atom is 0.191 e. The molecule has 0 unspecified atom stereocenters. The lowest BCUT2D eigenvalue weighted by Gasteiger charge is -2.36. The monoisotopic (exact) mass is 462 g/mol. The fourth-order valence-electron chi connectivity index (χ4n) is 2.01. The summed E-state index contributed by atoms with van der Waals surface area (Å²) in [5.74, 6) is 0. The third-order valence-electron chi connectivity index (χ3n) is 6.34. The van der Waals surface area contributed by atoms with Gasteiger partial charge in [0.15, 0.2) is 16.6 Å². The summed E-state index contributed by atoms with van der Waals surface area (Å²) in [5.41, 5.74) is 0. The average molecular weight is 463 g/mol. The quantitative estimate of drug-likeness (QED) is 0.179. The van der Waals surface area contributed by atoms with Crippen molar-refractivity contribution in [1.82, 2.24) is 0 Å². The molecule has 0 aromatic rings. The number of hydrogen-bond acceptors (Lipinski definition) is 3. The Kier molecular flexibility index (Phi) is 19.2. The van der Waals surface area contributed by atoms with Crippen molar-refractivity contribution in [2.75, 3.05) is 19.8 Å².